The van der Waals surface area contributed by atoms with Gasteiger partial charge in [-0.3, -0.25) is 9.48 Å². The number of hydrogen-bond donors (Lipinski definition) is 3. The molecule has 0 aliphatic heterocycles. The summed E-state index contributed by atoms with van der Waals surface area (Å²) in [5, 5.41) is 10.5. The Labute approximate surface area is 147 Å². The van der Waals surface area contributed by atoms with Crippen LogP contribution in [0.4, 0.5) is 17.5 Å². The molecule has 1 amide bonds. The van der Waals surface area contributed by atoms with Gasteiger partial charge in [0.05, 0.1) is 23.0 Å². The van der Waals surface area contributed by atoms with Gasteiger partial charge in [-0.25, -0.2) is 4.98 Å². The molecule has 0 bridgehead atoms. The van der Waals surface area contributed by atoms with E-state index in [0.717, 1.165) is 12.1 Å². The molecule has 0 atom stereocenters. The molecular weight excluding hydrogens is 318 g/mol. The van der Waals surface area contributed by atoms with Gasteiger partial charge >= 0.3 is 0 Å². The van der Waals surface area contributed by atoms with Gasteiger partial charge in [-0.2, -0.15) is 10.1 Å². The van der Waals surface area contributed by atoms with Crippen LogP contribution in [0.2, 0.25) is 0 Å². The van der Waals surface area contributed by atoms with Crippen LogP contribution in [0.15, 0.2) is 30.7 Å². The number of primary amides is 1. The van der Waals surface area contributed by atoms with Crippen molar-refractivity contribution in [3.05, 3.63) is 36.3 Å². The Morgan fingerprint density at radius 3 is 2.72 bits per heavy atom. The van der Waals surface area contributed by atoms with Crippen LogP contribution in [0.5, 0.6) is 0 Å². The van der Waals surface area contributed by atoms with Crippen molar-refractivity contribution in [3.8, 4) is 0 Å². The number of rotatable bonds is 7. The molecule has 8 heteroatoms. The fourth-order valence-electron chi connectivity index (χ4n) is 2.08. The standard InChI is InChI=1S/C17H25N7O/c1-5-6-7-8-19-15-13(14(18)25)10-20-16(23-15)22-12-9-21-24(11-12)17(2,3)4/h5-6,9-11H,7-8H2,1-4H3,(H2,18,25)(H2,19,20,22,23)/b6-5+. The third-order valence-corrected chi connectivity index (χ3v) is 3.42. The first kappa shape index (κ1) is 18.4. The molecule has 0 spiro atoms. The molecule has 2 heterocycles. The molecule has 0 fully saturated rings. The lowest BCUT2D eigenvalue weighted by Gasteiger charge is -2.18. The molecule has 0 aliphatic rings. The maximum atomic E-state index is 11.5. The molecule has 134 valence electrons. The summed E-state index contributed by atoms with van der Waals surface area (Å²) < 4.78 is 1.85. The zero-order valence-electron chi connectivity index (χ0n) is 15.1. The zero-order valence-corrected chi connectivity index (χ0v) is 15.1. The van der Waals surface area contributed by atoms with Crippen LogP contribution in [0.3, 0.4) is 0 Å². The van der Waals surface area contributed by atoms with Crippen molar-refractivity contribution in [1.82, 2.24) is 19.7 Å². The van der Waals surface area contributed by atoms with Crippen LogP contribution in [0, 0.1) is 0 Å². The number of nitrogens with one attached hydrogen (secondary N) is 2. The number of hydrogen-bond acceptors (Lipinski definition) is 6. The van der Waals surface area contributed by atoms with Crippen LogP contribution in [-0.4, -0.2) is 32.2 Å². The normalized spacial score (nSPS) is 11.7. The number of carbonyl (C=O) groups excluding carboxylic acids is 1. The molecule has 2 aromatic heterocycles. The Bertz CT molecular complexity index is 759. The monoisotopic (exact) mass is 343 g/mol. The predicted molar refractivity (Wildman–Crippen MR) is 99.0 cm³/mol. The Kier molecular flexibility index (Phi) is 5.74. The third-order valence-electron chi connectivity index (χ3n) is 3.42. The molecule has 0 aliphatic carbocycles. The van der Waals surface area contributed by atoms with E-state index in [-0.39, 0.29) is 11.1 Å². The highest BCUT2D eigenvalue weighted by Gasteiger charge is 2.15. The fourth-order valence-corrected chi connectivity index (χ4v) is 2.08. The summed E-state index contributed by atoms with van der Waals surface area (Å²) in [6, 6.07) is 0. The van der Waals surface area contributed by atoms with Crippen molar-refractivity contribution >= 4 is 23.4 Å². The second kappa shape index (κ2) is 7.78. The molecule has 4 N–H and O–H groups in total. The lowest BCUT2D eigenvalue weighted by Crippen LogP contribution is -2.21. The van der Waals surface area contributed by atoms with E-state index in [4.69, 9.17) is 5.73 Å². The van der Waals surface area contributed by atoms with E-state index in [1.54, 1.807) is 6.20 Å². The van der Waals surface area contributed by atoms with Gasteiger partial charge in [-0.1, -0.05) is 12.2 Å². The summed E-state index contributed by atoms with van der Waals surface area (Å²) in [5.74, 6) is 0.213. The molecule has 0 saturated heterocycles. The first-order chi connectivity index (χ1) is 11.8. The SMILES string of the molecule is C/C=C/CCNc1nc(Nc2cnn(C(C)(C)C)c2)ncc1C(N)=O. The second-order valence-electron chi connectivity index (χ2n) is 6.57. The highest BCUT2D eigenvalue weighted by Crippen LogP contribution is 2.20. The minimum absolute atomic E-state index is 0.115. The number of amides is 1. The van der Waals surface area contributed by atoms with E-state index in [1.807, 2.05) is 30.0 Å². The fraction of sp³-hybridized carbons (Fsp3) is 0.412. The quantitative estimate of drug-likeness (QED) is 0.526. The summed E-state index contributed by atoms with van der Waals surface area (Å²) in [5.41, 5.74) is 6.30. The maximum Gasteiger partial charge on any atom is 0.254 e. The molecule has 0 aromatic carbocycles. The number of aromatic nitrogens is 4. The summed E-state index contributed by atoms with van der Waals surface area (Å²) in [4.78, 5) is 20.1. The van der Waals surface area contributed by atoms with Gasteiger partial charge in [0.15, 0.2) is 0 Å². The minimum Gasteiger partial charge on any atom is -0.369 e. The number of carbonyl (C=O) groups is 1. The van der Waals surface area contributed by atoms with E-state index in [9.17, 15) is 4.79 Å². The van der Waals surface area contributed by atoms with Gasteiger partial charge in [-0.15, -0.1) is 0 Å². The first-order valence-corrected chi connectivity index (χ1v) is 8.15. The van der Waals surface area contributed by atoms with E-state index >= 15 is 0 Å². The van der Waals surface area contributed by atoms with Crippen molar-refractivity contribution < 1.29 is 4.79 Å². The van der Waals surface area contributed by atoms with Crippen LogP contribution < -0.4 is 16.4 Å². The molecule has 2 aromatic rings. The van der Waals surface area contributed by atoms with Gasteiger partial charge in [0.25, 0.3) is 5.91 Å². The molecule has 25 heavy (non-hydrogen) atoms. The lowest BCUT2D eigenvalue weighted by molar-refractivity contribution is 0.100. The largest absolute Gasteiger partial charge is 0.369 e. The summed E-state index contributed by atoms with van der Waals surface area (Å²) >= 11 is 0. The zero-order chi connectivity index (χ0) is 18.4. The molecule has 2 rings (SSSR count). The number of anilines is 3. The van der Waals surface area contributed by atoms with Gasteiger partial charge in [0, 0.05) is 18.9 Å². The molecule has 0 saturated carbocycles. The van der Waals surface area contributed by atoms with Gasteiger partial charge in [0.1, 0.15) is 5.82 Å². The smallest absolute Gasteiger partial charge is 0.254 e. The summed E-state index contributed by atoms with van der Waals surface area (Å²) in [7, 11) is 0. The highest BCUT2D eigenvalue weighted by atomic mass is 16.1. The average molecular weight is 343 g/mol. The topological polar surface area (TPSA) is 111 Å². The molecular formula is C17H25N7O. The Morgan fingerprint density at radius 2 is 2.12 bits per heavy atom. The van der Waals surface area contributed by atoms with E-state index in [1.165, 1.54) is 6.20 Å². The van der Waals surface area contributed by atoms with Crippen LogP contribution >= 0.6 is 0 Å². The van der Waals surface area contributed by atoms with Gasteiger partial charge in [0.2, 0.25) is 5.95 Å². The van der Waals surface area contributed by atoms with Crippen LogP contribution in [0.1, 0.15) is 44.5 Å². The maximum absolute atomic E-state index is 11.5. The number of nitrogens with zero attached hydrogens (tertiary/aromatic N) is 4. The molecule has 8 nitrogen and oxygen atoms in total. The number of nitrogens with two attached hydrogens (primary N) is 1. The number of allylic oxidation sites excluding steroid dienone is 1. The van der Waals surface area contributed by atoms with Crippen molar-refractivity contribution in [2.45, 2.75) is 39.7 Å². The van der Waals surface area contributed by atoms with Crippen molar-refractivity contribution in [3.63, 3.8) is 0 Å². The Hall–Kier alpha value is -2.90. The van der Waals surface area contributed by atoms with Crippen molar-refractivity contribution in [2.75, 3.05) is 17.2 Å². The molecule has 0 unspecified atom stereocenters. The Balaban J connectivity index is 2.18. The molecule has 0 radical (unpaired) electrons. The predicted octanol–water partition coefficient (Wildman–Crippen LogP) is 2.65. The average Bonchev–Trinajstić information content (AvgIpc) is 3.00. The minimum atomic E-state index is -0.569. The summed E-state index contributed by atoms with van der Waals surface area (Å²) in [6.07, 6.45) is 9.82. The van der Waals surface area contributed by atoms with Crippen molar-refractivity contribution in [1.29, 1.82) is 0 Å². The lowest BCUT2D eigenvalue weighted by atomic mass is 10.1. The van der Waals surface area contributed by atoms with E-state index in [2.05, 4.69) is 46.5 Å². The van der Waals surface area contributed by atoms with Crippen LogP contribution in [-0.2, 0) is 5.54 Å². The highest BCUT2D eigenvalue weighted by molar-refractivity contribution is 5.97. The first-order valence-electron chi connectivity index (χ1n) is 8.15. The van der Waals surface area contributed by atoms with Crippen molar-refractivity contribution in [2.24, 2.45) is 5.73 Å². The van der Waals surface area contributed by atoms with E-state index in [0.29, 0.717) is 18.3 Å². The van der Waals surface area contributed by atoms with E-state index < -0.39 is 5.91 Å². The van der Waals surface area contributed by atoms with Gasteiger partial charge in [-0.05, 0) is 34.1 Å². The van der Waals surface area contributed by atoms with Gasteiger partial charge < -0.3 is 16.4 Å². The third kappa shape index (κ3) is 5.03. The van der Waals surface area contributed by atoms with Crippen LogP contribution in [0.25, 0.3) is 0 Å². The Morgan fingerprint density at radius 1 is 1.36 bits per heavy atom. The second-order valence-corrected chi connectivity index (χ2v) is 6.57. The summed E-state index contributed by atoms with van der Waals surface area (Å²) in [6.45, 7) is 8.79.